The second-order valence-corrected chi connectivity index (χ2v) is 6.83. The molecular weight excluding hydrogens is 347 g/mol. The molecule has 0 aromatic heterocycles. The van der Waals surface area contributed by atoms with E-state index in [1.807, 2.05) is 0 Å². The molecule has 0 aliphatic carbocycles. The van der Waals surface area contributed by atoms with Gasteiger partial charge in [-0.05, 0) is 13.0 Å². The molecular formula is C10H16F7NO3S. The van der Waals surface area contributed by atoms with Gasteiger partial charge in [-0.1, -0.05) is 0 Å². The number of alkyl halides is 7. The Balaban J connectivity index is 4.67. The van der Waals surface area contributed by atoms with Gasteiger partial charge in [0, 0.05) is 13.0 Å². The SMILES string of the molecule is O=S(=O)(CCCNCCO)CCC(F)(C(F)(F)F)C(F)(F)F. The molecule has 0 fully saturated rings. The van der Waals surface area contributed by atoms with Crippen LogP contribution in [-0.4, -0.2) is 62.7 Å². The summed E-state index contributed by atoms with van der Waals surface area (Å²) in [5.41, 5.74) is -5.55. The van der Waals surface area contributed by atoms with Crippen LogP contribution in [0.4, 0.5) is 30.7 Å². The van der Waals surface area contributed by atoms with Crippen LogP contribution in [0.3, 0.4) is 0 Å². The Morgan fingerprint density at radius 1 is 0.864 bits per heavy atom. The Labute approximate surface area is 122 Å². The predicted molar refractivity (Wildman–Crippen MR) is 63.8 cm³/mol. The monoisotopic (exact) mass is 363 g/mol. The van der Waals surface area contributed by atoms with Gasteiger partial charge >= 0.3 is 12.4 Å². The average Bonchev–Trinajstić information content (AvgIpc) is 2.33. The summed E-state index contributed by atoms with van der Waals surface area (Å²) in [6, 6.07) is 0. The van der Waals surface area contributed by atoms with Crippen LogP contribution in [0.5, 0.6) is 0 Å². The topological polar surface area (TPSA) is 66.4 Å². The normalized spacial score (nSPS) is 14.4. The minimum atomic E-state index is -6.25. The molecule has 22 heavy (non-hydrogen) atoms. The zero-order valence-corrected chi connectivity index (χ0v) is 12.1. The largest absolute Gasteiger partial charge is 0.431 e. The maximum absolute atomic E-state index is 13.3. The summed E-state index contributed by atoms with van der Waals surface area (Å²) >= 11 is 0. The third-order valence-electron chi connectivity index (χ3n) is 2.75. The lowest BCUT2D eigenvalue weighted by molar-refractivity contribution is -0.341. The van der Waals surface area contributed by atoms with Gasteiger partial charge in [-0.15, -0.1) is 0 Å². The van der Waals surface area contributed by atoms with Crippen LogP contribution in [0.2, 0.25) is 0 Å². The molecule has 0 radical (unpaired) electrons. The molecule has 0 bridgehead atoms. The van der Waals surface area contributed by atoms with Crippen LogP contribution in [0.15, 0.2) is 0 Å². The first-order chi connectivity index (χ1) is 9.77. The van der Waals surface area contributed by atoms with E-state index in [4.69, 9.17) is 5.11 Å². The van der Waals surface area contributed by atoms with Crippen molar-refractivity contribution >= 4 is 9.84 Å². The maximum Gasteiger partial charge on any atom is 0.431 e. The molecule has 0 amide bonds. The minimum absolute atomic E-state index is 0.0837. The van der Waals surface area contributed by atoms with E-state index in [1.165, 1.54) is 0 Å². The van der Waals surface area contributed by atoms with Crippen molar-refractivity contribution in [3.63, 3.8) is 0 Å². The van der Waals surface area contributed by atoms with Gasteiger partial charge in [0.05, 0.1) is 18.1 Å². The molecule has 0 atom stereocenters. The van der Waals surface area contributed by atoms with Crippen molar-refractivity contribution in [2.75, 3.05) is 31.2 Å². The first-order valence-corrected chi connectivity index (χ1v) is 7.93. The number of rotatable bonds is 9. The van der Waals surface area contributed by atoms with Crippen LogP contribution in [0.25, 0.3) is 0 Å². The van der Waals surface area contributed by atoms with Gasteiger partial charge in [0.1, 0.15) is 9.84 Å². The lowest BCUT2D eigenvalue weighted by Crippen LogP contribution is -2.54. The number of sulfone groups is 1. The molecule has 2 N–H and O–H groups in total. The first kappa shape index (κ1) is 21.4. The second kappa shape index (κ2) is 7.77. The van der Waals surface area contributed by atoms with Crippen molar-refractivity contribution in [1.82, 2.24) is 5.32 Å². The quantitative estimate of drug-likeness (QED) is 0.482. The molecule has 0 spiro atoms. The van der Waals surface area contributed by atoms with Crippen LogP contribution >= 0.6 is 0 Å². The summed E-state index contributed by atoms with van der Waals surface area (Å²) in [6.07, 6.45) is -14.8. The number of halogens is 7. The highest BCUT2D eigenvalue weighted by atomic mass is 32.2. The van der Waals surface area contributed by atoms with E-state index in [0.29, 0.717) is 0 Å². The van der Waals surface area contributed by atoms with Crippen molar-refractivity contribution in [3.05, 3.63) is 0 Å². The molecule has 0 saturated heterocycles. The van der Waals surface area contributed by atoms with E-state index in [2.05, 4.69) is 5.32 Å². The average molecular weight is 363 g/mol. The standard InChI is InChI=1S/C10H16F7NO3S/c11-8(9(12,13)14,10(15,16)17)2-7-22(20,21)6-1-3-18-4-5-19/h18-19H,1-7H2. The van der Waals surface area contributed by atoms with Crippen molar-refractivity contribution in [2.24, 2.45) is 0 Å². The number of aliphatic hydroxyl groups is 1. The van der Waals surface area contributed by atoms with Crippen LogP contribution in [-0.2, 0) is 9.84 Å². The van der Waals surface area contributed by atoms with Gasteiger partial charge in [0.25, 0.3) is 5.67 Å². The summed E-state index contributed by atoms with van der Waals surface area (Å²) in [5, 5.41) is 11.0. The van der Waals surface area contributed by atoms with Crippen LogP contribution in [0.1, 0.15) is 12.8 Å². The highest BCUT2D eigenvalue weighted by Crippen LogP contribution is 2.48. The predicted octanol–water partition coefficient (Wildman–Crippen LogP) is 1.60. The van der Waals surface area contributed by atoms with Gasteiger partial charge in [-0.2, -0.15) is 26.3 Å². The highest BCUT2D eigenvalue weighted by molar-refractivity contribution is 7.91. The van der Waals surface area contributed by atoms with E-state index in [0.717, 1.165) is 0 Å². The van der Waals surface area contributed by atoms with Crippen molar-refractivity contribution in [2.45, 2.75) is 30.9 Å². The minimum Gasteiger partial charge on any atom is -0.395 e. The fourth-order valence-electron chi connectivity index (χ4n) is 1.46. The molecule has 12 heteroatoms. The van der Waals surface area contributed by atoms with Gasteiger partial charge in [0.2, 0.25) is 0 Å². The molecule has 0 aliphatic heterocycles. The molecule has 4 nitrogen and oxygen atoms in total. The lowest BCUT2D eigenvalue weighted by atomic mass is 10.0. The van der Waals surface area contributed by atoms with Crippen LogP contribution < -0.4 is 5.32 Å². The van der Waals surface area contributed by atoms with Gasteiger partial charge in [-0.3, -0.25) is 0 Å². The molecule has 0 saturated carbocycles. The Morgan fingerprint density at radius 3 is 1.77 bits per heavy atom. The van der Waals surface area contributed by atoms with E-state index < -0.39 is 45.8 Å². The Hall–Kier alpha value is -0.620. The molecule has 0 unspecified atom stereocenters. The van der Waals surface area contributed by atoms with Crippen molar-refractivity contribution in [3.8, 4) is 0 Å². The lowest BCUT2D eigenvalue weighted by Gasteiger charge is -2.29. The number of aliphatic hydroxyl groups excluding tert-OH is 1. The zero-order chi connectivity index (χ0) is 17.7. The maximum atomic E-state index is 13.3. The molecule has 0 heterocycles. The van der Waals surface area contributed by atoms with E-state index in [9.17, 15) is 39.2 Å². The Kier molecular flexibility index (Phi) is 7.55. The summed E-state index contributed by atoms with van der Waals surface area (Å²) in [4.78, 5) is 0. The summed E-state index contributed by atoms with van der Waals surface area (Å²) < 4.78 is 110. The Bertz CT molecular complexity index is 419. The highest BCUT2D eigenvalue weighted by Gasteiger charge is 2.72. The number of hydrogen-bond donors (Lipinski definition) is 2. The van der Waals surface area contributed by atoms with Crippen LogP contribution in [0, 0.1) is 0 Å². The van der Waals surface area contributed by atoms with E-state index in [1.54, 1.807) is 0 Å². The van der Waals surface area contributed by atoms with Crippen molar-refractivity contribution in [1.29, 1.82) is 0 Å². The molecule has 0 aromatic rings. The van der Waals surface area contributed by atoms with Gasteiger partial charge < -0.3 is 10.4 Å². The fraction of sp³-hybridized carbons (Fsp3) is 1.00. The molecule has 0 rings (SSSR count). The number of nitrogens with one attached hydrogen (secondary N) is 1. The zero-order valence-electron chi connectivity index (χ0n) is 11.3. The fourth-order valence-corrected chi connectivity index (χ4v) is 2.84. The first-order valence-electron chi connectivity index (χ1n) is 6.11. The second-order valence-electron chi connectivity index (χ2n) is 4.53. The third kappa shape index (κ3) is 6.24. The summed E-state index contributed by atoms with van der Waals surface area (Å²) in [6.45, 7) is 0.0448. The molecule has 134 valence electrons. The number of hydrogen-bond acceptors (Lipinski definition) is 4. The van der Waals surface area contributed by atoms with E-state index >= 15 is 0 Å². The molecule has 0 aliphatic rings. The smallest absolute Gasteiger partial charge is 0.395 e. The van der Waals surface area contributed by atoms with Crippen molar-refractivity contribution < 1.29 is 44.3 Å². The third-order valence-corrected chi connectivity index (χ3v) is 4.49. The Morgan fingerprint density at radius 2 is 1.36 bits per heavy atom. The van der Waals surface area contributed by atoms with Gasteiger partial charge in [0.15, 0.2) is 0 Å². The summed E-state index contributed by atoms with van der Waals surface area (Å²) in [5.74, 6) is -2.25. The van der Waals surface area contributed by atoms with Gasteiger partial charge in [-0.25, -0.2) is 12.8 Å². The van der Waals surface area contributed by atoms with E-state index in [-0.39, 0.29) is 26.1 Å². The molecule has 0 aromatic carbocycles. The summed E-state index contributed by atoms with van der Waals surface area (Å²) in [7, 11) is -4.27.